The van der Waals surface area contributed by atoms with E-state index in [1.54, 1.807) is 0 Å². The van der Waals surface area contributed by atoms with Crippen LogP contribution in [0.2, 0.25) is 10.0 Å². The molecule has 0 saturated heterocycles. The lowest BCUT2D eigenvalue weighted by atomic mass is 10.2. The Balaban J connectivity index is 3.04. The van der Waals surface area contributed by atoms with Gasteiger partial charge in [0, 0.05) is 15.6 Å². The molecular weight excluding hydrogens is 321 g/mol. The van der Waals surface area contributed by atoms with Gasteiger partial charge in [-0.25, -0.2) is 4.99 Å². The van der Waals surface area contributed by atoms with Crippen LogP contribution in [0.5, 0.6) is 0 Å². The van der Waals surface area contributed by atoms with Crippen molar-refractivity contribution in [3.05, 3.63) is 33.8 Å². The Morgan fingerprint density at radius 1 is 1.12 bits per heavy atom. The molecule has 0 aliphatic heterocycles. The van der Waals surface area contributed by atoms with Gasteiger partial charge in [0.1, 0.15) is 5.17 Å². The Hall–Kier alpha value is -0.160. The lowest BCUT2D eigenvalue weighted by Gasteiger charge is -2.09. The second kappa shape index (κ2) is 5.65. The molecule has 1 rings (SSSR count). The molecule has 0 saturated carbocycles. The maximum absolute atomic E-state index is 12.1. The highest BCUT2D eigenvalue weighted by Crippen LogP contribution is 2.27. The third-order valence-electron chi connectivity index (χ3n) is 1.60. The van der Waals surface area contributed by atoms with Crippen molar-refractivity contribution >= 4 is 51.6 Å². The van der Waals surface area contributed by atoms with Crippen LogP contribution in [-0.2, 0) is 0 Å². The molecule has 0 N–H and O–H groups in total. The first-order valence-electron chi connectivity index (χ1n) is 4.10. The van der Waals surface area contributed by atoms with Gasteiger partial charge in [0.15, 0.2) is 0 Å². The molecule has 8 heteroatoms. The maximum atomic E-state index is 12.1. The second-order valence-corrected chi connectivity index (χ2v) is 4.60. The van der Waals surface area contributed by atoms with Crippen molar-refractivity contribution in [1.82, 2.24) is 0 Å². The molecule has 0 aliphatic carbocycles. The van der Waals surface area contributed by atoms with Gasteiger partial charge in [0.2, 0.25) is 5.50 Å². The van der Waals surface area contributed by atoms with Gasteiger partial charge in [-0.1, -0.05) is 46.4 Å². The smallest absolute Gasteiger partial charge is 0.243 e. The fourth-order valence-corrected chi connectivity index (χ4v) is 1.80. The van der Waals surface area contributed by atoms with Crippen LogP contribution in [0.25, 0.3) is 0 Å². The fraction of sp³-hybridized carbons (Fsp3) is 0.222. The molecule has 0 fully saturated rings. The van der Waals surface area contributed by atoms with Crippen molar-refractivity contribution in [1.29, 1.82) is 0 Å². The average Bonchev–Trinajstić information content (AvgIpc) is 2.14. The number of benzene rings is 1. The van der Waals surface area contributed by atoms with Gasteiger partial charge in [-0.05, 0) is 18.2 Å². The molecule has 1 aromatic rings. The quantitative estimate of drug-likeness (QED) is 0.407. The van der Waals surface area contributed by atoms with Crippen LogP contribution >= 0.6 is 46.4 Å². The maximum Gasteiger partial charge on any atom is 0.424 e. The average molecular weight is 325 g/mol. The van der Waals surface area contributed by atoms with Gasteiger partial charge < -0.3 is 0 Å². The molecule has 1 unspecified atom stereocenters. The number of hydrogen-bond acceptors (Lipinski definition) is 1. The third-order valence-corrected chi connectivity index (χ3v) is 2.69. The van der Waals surface area contributed by atoms with Crippen molar-refractivity contribution in [3.63, 3.8) is 0 Å². The number of nitrogens with zero attached hydrogens (tertiary/aromatic N) is 1. The first-order chi connectivity index (χ1) is 7.70. The molecule has 1 nitrogen and oxygen atoms in total. The molecule has 1 aromatic carbocycles. The molecule has 0 amide bonds. The van der Waals surface area contributed by atoms with Crippen molar-refractivity contribution in [2.75, 3.05) is 0 Å². The number of aliphatic imine (C=N–C) groups is 1. The van der Waals surface area contributed by atoms with Crippen LogP contribution < -0.4 is 0 Å². The van der Waals surface area contributed by atoms with E-state index < -0.39 is 16.8 Å². The summed E-state index contributed by atoms with van der Waals surface area (Å²) in [5.74, 6) is 0. The number of alkyl halides is 4. The van der Waals surface area contributed by atoms with E-state index in [-0.39, 0.29) is 15.6 Å². The van der Waals surface area contributed by atoms with Gasteiger partial charge in [0.05, 0.1) is 0 Å². The summed E-state index contributed by atoms with van der Waals surface area (Å²) in [6.45, 7) is 0. The van der Waals surface area contributed by atoms with Crippen LogP contribution in [0.15, 0.2) is 23.2 Å². The second-order valence-electron chi connectivity index (χ2n) is 2.96. The first-order valence-corrected chi connectivity index (χ1v) is 5.67. The largest absolute Gasteiger partial charge is 0.424 e. The normalized spacial score (nSPS) is 14.9. The van der Waals surface area contributed by atoms with Gasteiger partial charge >= 0.3 is 6.18 Å². The van der Waals surface area contributed by atoms with E-state index in [0.717, 1.165) is 0 Å². The summed E-state index contributed by atoms with van der Waals surface area (Å²) in [5.41, 5.74) is -2.24. The number of rotatable bonds is 2. The summed E-state index contributed by atoms with van der Waals surface area (Å²) in [6, 6.07) is 4.08. The Bertz CT molecular complexity index is 424. The molecule has 94 valence electrons. The Kier molecular flexibility index (Phi) is 4.95. The van der Waals surface area contributed by atoms with Crippen molar-refractivity contribution in [3.8, 4) is 0 Å². The molecule has 0 aliphatic rings. The SMILES string of the molecule is FC(F)(F)C(Cl)N=C(Cl)c1cc(Cl)cc(Cl)c1. The summed E-state index contributed by atoms with van der Waals surface area (Å²) in [6.07, 6.45) is -4.66. The van der Waals surface area contributed by atoms with Crippen LogP contribution in [-0.4, -0.2) is 16.8 Å². The molecule has 0 spiro atoms. The number of halogens is 7. The Labute approximate surface area is 115 Å². The molecule has 17 heavy (non-hydrogen) atoms. The predicted molar refractivity (Wildman–Crippen MR) is 64.5 cm³/mol. The fourth-order valence-electron chi connectivity index (χ4n) is 0.920. The van der Waals surface area contributed by atoms with E-state index in [2.05, 4.69) is 4.99 Å². The standard InChI is InChI=1S/C9H4Cl4F3N/c10-5-1-4(2-6(11)3-5)7(12)17-8(13)9(14,15)16/h1-3,8H. The van der Waals surface area contributed by atoms with Crippen molar-refractivity contribution in [2.45, 2.75) is 11.7 Å². The summed E-state index contributed by atoms with van der Waals surface area (Å²) in [7, 11) is 0. The third kappa shape index (κ3) is 4.54. The highest BCUT2D eigenvalue weighted by atomic mass is 35.5. The van der Waals surface area contributed by atoms with Gasteiger partial charge in [-0.3, -0.25) is 0 Å². The van der Waals surface area contributed by atoms with E-state index in [1.165, 1.54) is 18.2 Å². The van der Waals surface area contributed by atoms with Crippen molar-refractivity contribution < 1.29 is 13.2 Å². The molecule has 0 aromatic heterocycles. The zero-order valence-electron chi connectivity index (χ0n) is 7.90. The predicted octanol–water partition coefficient (Wildman–Crippen LogP) is 5.11. The van der Waals surface area contributed by atoms with Crippen LogP contribution in [0.4, 0.5) is 13.2 Å². The van der Waals surface area contributed by atoms with Crippen LogP contribution in [0.3, 0.4) is 0 Å². The molecule has 0 heterocycles. The Morgan fingerprint density at radius 2 is 1.59 bits per heavy atom. The van der Waals surface area contributed by atoms with Crippen molar-refractivity contribution in [2.24, 2.45) is 4.99 Å². The minimum Gasteiger partial charge on any atom is -0.243 e. The highest BCUT2D eigenvalue weighted by Gasteiger charge is 2.38. The topological polar surface area (TPSA) is 12.4 Å². The van der Waals surface area contributed by atoms with E-state index >= 15 is 0 Å². The molecule has 1 atom stereocenters. The molecular formula is C9H4Cl4F3N. The Morgan fingerprint density at radius 3 is 2.00 bits per heavy atom. The summed E-state index contributed by atoms with van der Waals surface area (Å²) in [4.78, 5) is 3.11. The zero-order valence-corrected chi connectivity index (χ0v) is 10.9. The van der Waals surface area contributed by atoms with Crippen LogP contribution in [0.1, 0.15) is 5.56 Å². The summed E-state index contributed by atoms with van der Waals surface area (Å²) in [5, 5.41) is 0.0599. The lowest BCUT2D eigenvalue weighted by Crippen LogP contribution is -2.22. The lowest BCUT2D eigenvalue weighted by molar-refractivity contribution is -0.128. The van der Waals surface area contributed by atoms with Gasteiger partial charge in [0.25, 0.3) is 0 Å². The van der Waals surface area contributed by atoms with Gasteiger partial charge in [-0.15, -0.1) is 0 Å². The monoisotopic (exact) mass is 323 g/mol. The van der Waals surface area contributed by atoms with Gasteiger partial charge in [-0.2, -0.15) is 13.2 Å². The molecule has 0 bridgehead atoms. The minimum absolute atomic E-state index is 0.166. The van der Waals surface area contributed by atoms with Crippen LogP contribution in [0, 0.1) is 0 Å². The zero-order chi connectivity index (χ0) is 13.2. The number of hydrogen-bond donors (Lipinski definition) is 0. The summed E-state index contributed by atoms with van der Waals surface area (Å²) < 4.78 is 36.4. The van der Waals surface area contributed by atoms with E-state index in [1.807, 2.05) is 0 Å². The molecule has 0 radical (unpaired) electrons. The first kappa shape index (κ1) is 14.9. The van der Waals surface area contributed by atoms with E-state index in [4.69, 9.17) is 46.4 Å². The van der Waals surface area contributed by atoms with E-state index in [0.29, 0.717) is 0 Å². The summed E-state index contributed by atoms with van der Waals surface area (Å²) >= 11 is 22.0. The minimum atomic E-state index is -4.66. The highest BCUT2D eigenvalue weighted by molar-refractivity contribution is 6.70. The van der Waals surface area contributed by atoms with E-state index in [9.17, 15) is 13.2 Å².